The van der Waals surface area contributed by atoms with E-state index in [-0.39, 0.29) is 42.1 Å². The Morgan fingerprint density at radius 1 is 0.907 bits per heavy atom. The normalized spacial score (nSPS) is 11.2. The van der Waals surface area contributed by atoms with Crippen LogP contribution in [0.3, 0.4) is 0 Å². The van der Waals surface area contributed by atoms with Crippen molar-refractivity contribution in [1.29, 1.82) is 0 Å². The van der Waals surface area contributed by atoms with Gasteiger partial charge in [-0.2, -0.15) is 5.10 Å². The van der Waals surface area contributed by atoms with Gasteiger partial charge in [0.2, 0.25) is 0 Å². The van der Waals surface area contributed by atoms with Gasteiger partial charge in [-0.3, -0.25) is 28.4 Å². The number of carboxylic acids is 1. The number of carbonyl (C=O) groups excluding carboxylic acids is 1. The monoisotopic (exact) mass is 574 g/mol. The Labute approximate surface area is 244 Å². The van der Waals surface area contributed by atoms with Crippen LogP contribution in [0.2, 0.25) is 0 Å². The minimum absolute atomic E-state index is 0.0418. The summed E-state index contributed by atoms with van der Waals surface area (Å²) < 4.78 is 4.00. The fourth-order valence-corrected chi connectivity index (χ4v) is 5.25. The van der Waals surface area contributed by atoms with E-state index in [1.165, 1.54) is 36.1 Å². The maximum atomic E-state index is 13.7. The van der Waals surface area contributed by atoms with Crippen LogP contribution in [0.25, 0.3) is 33.1 Å². The topological polar surface area (TPSA) is 141 Å². The molecule has 0 aliphatic heterocycles. The summed E-state index contributed by atoms with van der Waals surface area (Å²) in [6, 6.07) is 23.2. The number of aromatic nitrogens is 5. The van der Waals surface area contributed by atoms with Crippen molar-refractivity contribution in [3.05, 3.63) is 129 Å². The molecule has 3 heterocycles. The lowest BCUT2D eigenvalue weighted by Gasteiger charge is -2.11. The Hall–Kier alpha value is -5.84. The number of nitrogens with one attached hydrogen (secondary N) is 1. The number of aromatic carboxylic acids is 1. The SMILES string of the molecule is Cn1c(=O)c2c(-c3cccc(C(=O)O)c3)n(Cc3cccc4ccccc34)nc2n(CCNC(=O)c2ccncc2)c1=O. The van der Waals surface area contributed by atoms with E-state index in [2.05, 4.69) is 10.3 Å². The maximum absolute atomic E-state index is 13.7. The molecule has 43 heavy (non-hydrogen) atoms. The molecule has 1 amide bonds. The van der Waals surface area contributed by atoms with Gasteiger partial charge in [0.15, 0.2) is 5.65 Å². The second-order valence-corrected chi connectivity index (χ2v) is 10.0. The van der Waals surface area contributed by atoms with Crippen LogP contribution in [0.1, 0.15) is 26.3 Å². The van der Waals surface area contributed by atoms with E-state index in [1.807, 2.05) is 42.5 Å². The lowest BCUT2D eigenvalue weighted by Crippen LogP contribution is -2.40. The molecule has 0 saturated carbocycles. The highest BCUT2D eigenvalue weighted by Gasteiger charge is 2.23. The third-order valence-corrected chi connectivity index (χ3v) is 7.37. The van der Waals surface area contributed by atoms with Gasteiger partial charge in [-0.25, -0.2) is 9.59 Å². The highest BCUT2D eigenvalue weighted by molar-refractivity contribution is 5.95. The molecular weight excluding hydrogens is 548 g/mol. The Kier molecular flexibility index (Phi) is 7.12. The molecule has 0 aliphatic carbocycles. The van der Waals surface area contributed by atoms with Crippen LogP contribution >= 0.6 is 0 Å². The summed E-state index contributed by atoms with van der Waals surface area (Å²) in [4.78, 5) is 55.4. The first-order valence-corrected chi connectivity index (χ1v) is 13.5. The number of fused-ring (bicyclic) bond motifs is 2. The number of hydrogen-bond donors (Lipinski definition) is 2. The summed E-state index contributed by atoms with van der Waals surface area (Å²) in [5.74, 6) is -1.44. The smallest absolute Gasteiger partial charge is 0.335 e. The molecule has 11 nitrogen and oxygen atoms in total. The molecule has 0 unspecified atom stereocenters. The van der Waals surface area contributed by atoms with Crippen molar-refractivity contribution >= 4 is 33.7 Å². The highest BCUT2D eigenvalue weighted by atomic mass is 16.4. The van der Waals surface area contributed by atoms with Crippen molar-refractivity contribution in [1.82, 2.24) is 29.2 Å². The van der Waals surface area contributed by atoms with Crippen LogP contribution < -0.4 is 16.6 Å². The van der Waals surface area contributed by atoms with E-state index in [9.17, 15) is 24.3 Å². The zero-order valence-electron chi connectivity index (χ0n) is 23.1. The number of carbonyl (C=O) groups is 2. The largest absolute Gasteiger partial charge is 0.478 e. The molecule has 6 rings (SSSR count). The van der Waals surface area contributed by atoms with E-state index in [1.54, 1.807) is 28.9 Å². The van der Waals surface area contributed by atoms with Gasteiger partial charge in [0.25, 0.3) is 11.5 Å². The van der Waals surface area contributed by atoms with E-state index in [0.717, 1.165) is 20.9 Å². The molecule has 0 radical (unpaired) electrons. The molecule has 0 bridgehead atoms. The lowest BCUT2D eigenvalue weighted by molar-refractivity contribution is 0.0696. The van der Waals surface area contributed by atoms with Crippen LogP contribution in [0.5, 0.6) is 0 Å². The molecule has 0 fully saturated rings. The van der Waals surface area contributed by atoms with E-state index in [0.29, 0.717) is 16.8 Å². The summed E-state index contributed by atoms with van der Waals surface area (Å²) in [7, 11) is 1.38. The van der Waals surface area contributed by atoms with E-state index >= 15 is 0 Å². The molecule has 0 atom stereocenters. The van der Waals surface area contributed by atoms with Crippen molar-refractivity contribution in [2.75, 3.05) is 6.54 Å². The molecule has 3 aromatic heterocycles. The predicted octanol–water partition coefficient (Wildman–Crippen LogP) is 3.29. The van der Waals surface area contributed by atoms with E-state index in [4.69, 9.17) is 5.10 Å². The Balaban J connectivity index is 1.51. The average Bonchev–Trinajstić information content (AvgIpc) is 3.41. The quantitative estimate of drug-likeness (QED) is 0.284. The Bertz CT molecular complexity index is 2140. The van der Waals surface area contributed by atoms with Crippen LogP contribution in [0, 0.1) is 0 Å². The van der Waals surface area contributed by atoms with Gasteiger partial charge in [0, 0.05) is 43.7 Å². The van der Waals surface area contributed by atoms with Gasteiger partial charge in [-0.1, -0.05) is 54.6 Å². The predicted molar refractivity (Wildman–Crippen MR) is 161 cm³/mol. The number of pyridine rings is 1. The van der Waals surface area contributed by atoms with Gasteiger partial charge >= 0.3 is 11.7 Å². The molecule has 214 valence electrons. The lowest BCUT2D eigenvalue weighted by atomic mass is 10.0. The minimum atomic E-state index is -1.11. The second-order valence-electron chi connectivity index (χ2n) is 10.0. The van der Waals surface area contributed by atoms with Gasteiger partial charge in [0.1, 0.15) is 5.39 Å². The van der Waals surface area contributed by atoms with Gasteiger partial charge in [-0.05, 0) is 40.6 Å². The molecule has 0 aliphatic rings. The number of carboxylic acid groups (broad SMARTS) is 1. The maximum Gasteiger partial charge on any atom is 0.335 e. The Morgan fingerprint density at radius 2 is 1.65 bits per heavy atom. The van der Waals surface area contributed by atoms with Gasteiger partial charge < -0.3 is 10.4 Å². The third-order valence-electron chi connectivity index (χ3n) is 7.37. The first kappa shape index (κ1) is 27.3. The van der Waals surface area contributed by atoms with Crippen molar-refractivity contribution in [2.24, 2.45) is 7.05 Å². The molecule has 3 aromatic carbocycles. The van der Waals surface area contributed by atoms with Crippen molar-refractivity contribution in [2.45, 2.75) is 13.1 Å². The summed E-state index contributed by atoms with van der Waals surface area (Å²) in [5.41, 5.74) is 1.25. The summed E-state index contributed by atoms with van der Waals surface area (Å²) in [5, 5.41) is 19.5. The number of amides is 1. The molecule has 6 aromatic rings. The van der Waals surface area contributed by atoms with Crippen LogP contribution in [0.4, 0.5) is 0 Å². The zero-order valence-corrected chi connectivity index (χ0v) is 23.1. The summed E-state index contributed by atoms with van der Waals surface area (Å²) >= 11 is 0. The number of benzene rings is 3. The molecular formula is C32H26N6O5. The van der Waals surface area contributed by atoms with Crippen LogP contribution in [0.15, 0.2) is 101 Å². The molecule has 2 N–H and O–H groups in total. The standard InChI is InChI=1S/C32H26N6O5/c1-36-30(40)26-27(22-8-5-9-23(18-22)31(41)42)38(19-24-10-4-7-20-6-2-3-11-25(20)24)35-28(26)37(32(36)43)17-16-34-29(39)21-12-14-33-15-13-21/h2-15,18H,16-17,19H2,1H3,(H,34,39)(H,41,42). The second kappa shape index (κ2) is 11.2. The van der Waals surface area contributed by atoms with Gasteiger partial charge in [-0.15, -0.1) is 0 Å². The minimum Gasteiger partial charge on any atom is -0.478 e. The highest BCUT2D eigenvalue weighted by Crippen LogP contribution is 2.29. The fourth-order valence-electron chi connectivity index (χ4n) is 5.25. The fraction of sp³-hybridized carbons (Fsp3) is 0.125. The molecule has 0 saturated heterocycles. The summed E-state index contributed by atoms with van der Waals surface area (Å²) in [6.07, 6.45) is 3.03. The van der Waals surface area contributed by atoms with Crippen LogP contribution in [-0.4, -0.2) is 47.4 Å². The number of hydrogen-bond acceptors (Lipinski definition) is 6. The van der Waals surface area contributed by atoms with Crippen molar-refractivity contribution in [3.8, 4) is 11.3 Å². The van der Waals surface area contributed by atoms with Crippen molar-refractivity contribution < 1.29 is 14.7 Å². The summed E-state index contributed by atoms with van der Waals surface area (Å²) in [6.45, 7) is 0.382. The average molecular weight is 575 g/mol. The van der Waals surface area contributed by atoms with Gasteiger partial charge in [0.05, 0.1) is 17.8 Å². The number of rotatable bonds is 8. The first-order valence-electron chi connectivity index (χ1n) is 13.5. The third kappa shape index (κ3) is 5.08. The molecule has 11 heteroatoms. The van der Waals surface area contributed by atoms with E-state index < -0.39 is 17.2 Å². The van der Waals surface area contributed by atoms with Crippen LogP contribution in [-0.2, 0) is 20.1 Å². The first-order chi connectivity index (χ1) is 20.8. The number of nitrogens with zero attached hydrogens (tertiary/aromatic N) is 5. The Morgan fingerprint density at radius 3 is 2.44 bits per heavy atom. The van der Waals surface area contributed by atoms with Crippen molar-refractivity contribution in [3.63, 3.8) is 0 Å². The zero-order chi connectivity index (χ0) is 30.1. The molecule has 0 spiro atoms.